The van der Waals surface area contributed by atoms with E-state index in [0.717, 1.165) is 22.1 Å². The fraction of sp³-hybridized carbons (Fsp3) is 0.417. The molecular formula is C12H17IN2O. The van der Waals surface area contributed by atoms with Crippen molar-refractivity contribution in [2.45, 2.75) is 32.7 Å². The van der Waals surface area contributed by atoms with E-state index in [4.69, 9.17) is 5.73 Å². The van der Waals surface area contributed by atoms with E-state index in [-0.39, 0.29) is 5.91 Å². The molecule has 4 heteroatoms. The van der Waals surface area contributed by atoms with E-state index in [9.17, 15) is 4.79 Å². The Kier molecular flexibility index (Phi) is 5.21. The van der Waals surface area contributed by atoms with Gasteiger partial charge >= 0.3 is 0 Å². The summed E-state index contributed by atoms with van der Waals surface area (Å²) < 4.78 is 1.14. The minimum Gasteiger partial charge on any atom is -0.325 e. The predicted octanol–water partition coefficient (Wildman–Crippen LogP) is 2.67. The van der Waals surface area contributed by atoms with Gasteiger partial charge in [-0.2, -0.15) is 0 Å². The van der Waals surface area contributed by atoms with Gasteiger partial charge in [0.1, 0.15) is 0 Å². The summed E-state index contributed by atoms with van der Waals surface area (Å²) >= 11 is 2.25. The molecule has 0 spiro atoms. The molecule has 0 aliphatic carbocycles. The highest BCUT2D eigenvalue weighted by molar-refractivity contribution is 14.1. The number of rotatable bonds is 4. The lowest BCUT2D eigenvalue weighted by Gasteiger charge is -2.11. The molecule has 16 heavy (non-hydrogen) atoms. The number of carbonyl (C=O) groups excluding carboxylic acids is 1. The summed E-state index contributed by atoms with van der Waals surface area (Å²) in [6.07, 6.45) is 1.63. The van der Waals surface area contributed by atoms with E-state index in [1.54, 1.807) is 0 Å². The van der Waals surface area contributed by atoms with Crippen molar-refractivity contribution in [3.8, 4) is 0 Å². The minimum absolute atomic E-state index is 0.110. The average Bonchev–Trinajstić information content (AvgIpc) is 2.24. The van der Waals surface area contributed by atoms with E-state index < -0.39 is 6.04 Å². The summed E-state index contributed by atoms with van der Waals surface area (Å²) in [4.78, 5) is 11.7. The topological polar surface area (TPSA) is 55.1 Å². The number of carbonyl (C=O) groups is 1. The van der Waals surface area contributed by atoms with Gasteiger partial charge in [-0.25, -0.2) is 0 Å². The lowest BCUT2D eigenvalue weighted by atomic mass is 10.1. The van der Waals surface area contributed by atoms with Crippen molar-refractivity contribution in [1.82, 2.24) is 0 Å². The number of benzene rings is 1. The second kappa shape index (κ2) is 6.20. The Morgan fingerprint density at radius 3 is 2.81 bits per heavy atom. The molecule has 0 aromatic heterocycles. The summed E-state index contributed by atoms with van der Waals surface area (Å²) in [5.41, 5.74) is 7.75. The molecule has 0 heterocycles. The van der Waals surface area contributed by atoms with Gasteiger partial charge in [0, 0.05) is 9.26 Å². The van der Waals surface area contributed by atoms with Crippen LogP contribution in [0.4, 0.5) is 5.69 Å². The summed E-state index contributed by atoms with van der Waals surface area (Å²) in [5.74, 6) is -0.110. The zero-order valence-electron chi connectivity index (χ0n) is 9.59. The fourth-order valence-corrected chi connectivity index (χ4v) is 1.86. The zero-order chi connectivity index (χ0) is 12.1. The van der Waals surface area contributed by atoms with Gasteiger partial charge in [0.05, 0.1) is 6.04 Å². The molecule has 1 aromatic rings. The third kappa shape index (κ3) is 3.75. The third-order valence-corrected chi connectivity index (χ3v) is 3.54. The van der Waals surface area contributed by atoms with Crippen LogP contribution in [0.5, 0.6) is 0 Å². The van der Waals surface area contributed by atoms with Crippen LogP contribution in [0.25, 0.3) is 0 Å². The first-order valence-electron chi connectivity index (χ1n) is 5.37. The van der Waals surface area contributed by atoms with Crippen LogP contribution in [0, 0.1) is 10.5 Å². The van der Waals surface area contributed by atoms with Crippen molar-refractivity contribution in [2.75, 3.05) is 5.32 Å². The molecule has 0 fully saturated rings. The number of hydrogen-bond donors (Lipinski definition) is 2. The monoisotopic (exact) mass is 332 g/mol. The van der Waals surface area contributed by atoms with Crippen molar-refractivity contribution in [3.05, 3.63) is 27.3 Å². The smallest absolute Gasteiger partial charge is 0.241 e. The largest absolute Gasteiger partial charge is 0.325 e. The second-order valence-electron chi connectivity index (χ2n) is 3.85. The summed E-state index contributed by atoms with van der Waals surface area (Å²) in [5, 5.41) is 2.83. The molecule has 1 atom stereocenters. The molecule has 1 aromatic carbocycles. The van der Waals surface area contributed by atoms with Gasteiger partial charge < -0.3 is 11.1 Å². The van der Waals surface area contributed by atoms with Crippen LogP contribution in [0.2, 0.25) is 0 Å². The molecule has 0 aliphatic heterocycles. The Morgan fingerprint density at radius 1 is 1.56 bits per heavy atom. The van der Waals surface area contributed by atoms with E-state index in [0.29, 0.717) is 0 Å². The molecule has 0 radical (unpaired) electrons. The maximum Gasteiger partial charge on any atom is 0.241 e. The highest BCUT2D eigenvalue weighted by atomic mass is 127. The first-order chi connectivity index (χ1) is 7.54. The van der Waals surface area contributed by atoms with Gasteiger partial charge in [-0.05, 0) is 53.6 Å². The zero-order valence-corrected chi connectivity index (χ0v) is 11.7. The van der Waals surface area contributed by atoms with Gasteiger partial charge in [0.25, 0.3) is 0 Å². The number of nitrogens with two attached hydrogens (primary N) is 1. The van der Waals surface area contributed by atoms with Crippen LogP contribution in [-0.4, -0.2) is 11.9 Å². The molecule has 0 unspecified atom stereocenters. The average molecular weight is 332 g/mol. The van der Waals surface area contributed by atoms with Crippen molar-refractivity contribution < 1.29 is 4.79 Å². The van der Waals surface area contributed by atoms with Gasteiger partial charge in [-0.3, -0.25) is 4.79 Å². The number of amides is 1. The fourth-order valence-electron chi connectivity index (χ4n) is 1.35. The SMILES string of the molecule is CCC[C@@H](N)C(=O)Nc1ccc(C)c(I)c1. The molecule has 0 saturated carbocycles. The van der Waals surface area contributed by atoms with Crippen molar-refractivity contribution >= 4 is 34.2 Å². The van der Waals surface area contributed by atoms with Crippen LogP contribution in [-0.2, 0) is 4.79 Å². The van der Waals surface area contributed by atoms with Gasteiger partial charge in [0.2, 0.25) is 5.91 Å². The molecule has 3 nitrogen and oxygen atoms in total. The number of hydrogen-bond acceptors (Lipinski definition) is 2. The lowest BCUT2D eigenvalue weighted by Crippen LogP contribution is -2.35. The standard InChI is InChI=1S/C12H17IN2O/c1-3-4-11(14)12(16)15-9-6-5-8(2)10(13)7-9/h5-7,11H,3-4,14H2,1-2H3,(H,15,16)/t11-/m1/s1. The summed E-state index contributed by atoms with van der Waals surface area (Å²) in [6.45, 7) is 4.05. The van der Waals surface area contributed by atoms with Crippen LogP contribution in [0.1, 0.15) is 25.3 Å². The Morgan fingerprint density at radius 2 is 2.25 bits per heavy atom. The second-order valence-corrected chi connectivity index (χ2v) is 5.01. The highest BCUT2D eigenvalue weighted by Gasteiger charge is 2.12. The predicted molar refractivity (Wildman–Crippen MR) is 75.4 cm³/mol. The quantitative estimate of drug-likeness (QED) is 0.833. The minimum atomic E-state index is -0.413. The number of nitrogens with one attached hydrogen (secondary N) is 1. The van der Waals surface area contributed by atoms with E-state index in [2.05, 4.69) is 27.9 Å². The highest BCUT2D eigenvalue weighted by Crippen LogP contribution is 2.17. The van der Waals surface area contributed by atoms with Gasteiger partial charge in [-0.15, -0.1) is 0 Å². The Bertz CT molecular complexity index is 379. The van der Waals surface area contributed by atoms with Gasteiger partial charge in [0.15, 0.2) is 0 Å². The van der Waals surface area contributed by atoms with Crippen molar-refractivity contribution in [1.29, 1.82) is 0 Å². The molecule has 1 amide bonds. The Balaban J connectivity index is 2.66. The molecule has 3 N–H and O–H groups in total. The first kappa shape index (κ1) is 13.4. The molecule has 0 bridgehead atoms. The lowest BCUT2D eigenvalue weighted by molar-refractivity contribution is -0.117. The number of aryl methyl sites for hydroxylation is 1. The maximum absolute atomic E-state index is 11.7. The maximum atomic E-state index is 11.7. The van der Waals surface area contributed by atoms with Crippen LogP contribution in [0.3, 0.4) is 0 Å². The van der Waals surface area contributed by atoms with Crippen molar-refractivity contribution in [3.63, 3.8) is 0 Å². The Hall–Kier alpha value is -0.620. The molecule has 0 saturated heterocycles. The van der Waals surface area contributed by atoms with Gasteiger partial charge in [-0.1, -0.05) is 19.4 Å². The Labute approximate surface area is 110 Å². The van der Waals surface area contributed by atoms with E-state index >= 15 is 0 Å². The van der Waals surface area contributed by atoms with Crippen LogP contribution in [0.15, 0.2) is 18.2 Å². The summed E-state index contributed by atoms with van der Waals surface area (Å²) in [7, 11) is 0. The van der Waals surface area contributed by atoms with E-state index in [1.165, 1.54) is 5.56 Å². The third-order valence-electron chi connectivity index (χ3n) is 2.38. The number of halogens is 1. The number of anilines is 1. The van der Waals surface area contributed by atoms with Crippen LogP contribution >= 0.6 is 22.6 Å². The first-order valence-corrected chi connectivity index (χ1v) is 6.45. The van der Waals surface area contributed by atoms with Crippen LogP contribution < -0.4 is 11.1 Å². The molecule has 88 valence electrons. The van der Waals surface area contributed by atoms with E-state index in [1.807, 2.05) is 32.0 Å². The summed E-state index contributed by atoms with van der Waals surface area (Å²) in [6, 6.07) is 5.42. The van der Waals surface area contributed by atoms with Crippen molar-refractivity contribution in [2.24, 2.45) is 5.73 Å². The molecule has 0 aliphatic rings. The molecular weight excluding hydrogens is 315 g/mol. The normalized spacial score (nSPS) is 12.2. The molecule has 1 rings (SSSR count).